The molecule has 3 aromatic rings. The van der Waals surface area contributed by atoms with Crippen LogP contribution >= 0.6 is 0 Å². The maximum absolute atomic E-state index is 12.5. The van der Waals surface area contributed by atoms with Gasteiger partial charge in [0, 0.05) is 41.9 Å². The lowest BCUT2D eigenvalue weighted by molar-refractivity contribution is -0.117. The van der Waals surface area contributed by atoms with Gasteiger partial charge in [-0.3, -0.25) is 9.78 Å². The largest absolute Gasteiger partial charge is 0.383 e. The van der Waals surface area contributed by atoms with E-state index in [1.807, 2.05) is 26.0 Å². The summed E-state index contributed by atoms with van der Waals surface area (Å²) in [5, 5.41) is 13.3. The molecule has 7 nitrogen and oxygen atoms in total. The van der Waals surface area contributed by atoms with Crippen molar-refractivity contribution in [2.75, 3.05) is 11.1 Å². The van der Waals surface area contributed by atoms with Gasteiger partial charge in [0.25, 0.3) is 0 Å². The zero-order chi connectivity index (χ0) is 19.8. The lowest BCUT2D eigenvalue weighted by Gasteiger charge is -2.10. The summed E-state index contributed by atoms with van der Waals surface area (Å²) in [6.07, 6.45) is 5.52. The molecule has 3 aromatic heterocycles. The number of carbonyl (C=O) groups is 1. The molecule has 0 aliphatic heterocycles. The first kappa shape index (κ1) is 17.9. The fourth-order valence-electron chi connectivity index (χ4n) is 3.72. The number of carbonyl (C=O) groups excluding carboxylic acids is 1. The van der Waals surface area contributed by atoms with Crippen molar-refractivity contribution in [1.29, 1.82) is 5.26 Å². The highest BCUT2D eigenvalue weighted by molar-refractivity contribution is 5.98. The molecule has 140 valence electrons. The normalized spacial score (nSPS) is 20.5. The van der Waals surface area contributed by atoms with Crippen LogP contribution in [-0.2, 0) is 4.79 Å². The van der Waals surface area contributed by atoms with Gasteiger partial charge >= 0.3 is 0 Å². The molecule has 3 N–H and O–H groups in total. The van der Waals surface area contributed by atoms with E-state index in [1.165, 1.54) is 0 Å². The van der Waals surface area contributed by atoms with Crippen LogP contribution in [0.1, 0.15) is 18.9 Å². The zero-order valence-corrected chi connectivity index (χ0v) is 15.7. The Hall–Kier alpha value is -3.53. The summed E-state index contributed by atoms with van der Waals surface area (Å²) in [4.78, 5) is 25.5. The molecule has 1 fully saturated rings. The maximum atomic E-state index is 12.5. The number of nitriles is 1. The van der Waals surface area contributed by atoms with Gasteiger partial charge in [-0.05, 0) is 47.9 Å². The monoisotopic (exact) mass is 372 g/mol. The first-order chi connectivity index (χ1) is 13.5. The number of fused-ring (bicyclic) bond motifs is 1. The van der Waals surface area contributed by atoms with Crippen molar-refractivity contribution in [2.24, 2.45) is 17.8 Å². The Kier molecular flexibility index (Phi) is 4.40. The van der Waals surface area contributed by atoms with Crippen molar-refractivity contribution in [3.63, 3.8) is 0 Å². The highest BCUT2D eigenvalue weighted by atomic mass is 16.2. The number of rotatable bonds is 4. The summed E-state index contributed by atoms with van der Waals surface area (Å²) in [7, 11) is 0. The van der Waals surface area contributed by atoms with E-state index >= 15 is 0 Å². The van der Waals surface area contributed by atoms with Crippen molar-refractivity contribution in [2.45, 2.75) is 20.3 Å². The molecule has 1 amide bonds. The number of nitrogen functional groups attached to an aromatic ring is 1. The number of nitrogens with zero attached hydrogens (tertiary/aromatic N) is 4. The molecule has 7 heteroatoms. The Morgan fingerprint density at radius 3 is 2.93 bits per heavy atom. The van der Waals surface area contributed by atoms with Gasteiger partial charge in [0.15, 0.2) is 0 Å². The molecule has 3 heterocycles. The molecule has 1 saturated carbocycles. The van der Waals surface area contributed by atoms with Crippen LogP contribution in [0, 0.1) is 36.0 Å². The molecule has 1 aliphatic rings. The first-order valence-corrected chi connectivity index (χ1v) is 9.14. The highest BCUT2D eigenvalue weighted by Crippen LogP contribution is 2.48. The van der Waals surface area contributed by atoms with E-state index in [-0.39, 0.29) is 23.7 Å². The van der Waals surface area contributed by atoms with Crippen molar-refractivity contribution in [1.82, 2.24) is 15.0 Å². The number of hydrogen-bond donors (Lipinski definition) is 2. The van der Waals surface area contributed by atoms with E-state index in [2.05, 4.69) is 26.3 Å². The number of aryl methyl sites for hydroxylation is 1. The van der Waals surface area contributed by atoms with Gasteiger partial charge < -0.3 is 11.1 Å². The summed E-state index contributed by atoms with van der Waals surface area (Å²) in [6.45, 7) is 3.99. The molecular formula is C21H20N6O. The smallest absolute Gasteiger partial charge is 0.229 e. The summed E-state index contributed by atoms with van der Waals surface area (Å²) >= 11 is 0. The molecule has 1 aliphatic carbocycles. The predicted molar refractivity (Wildman–Crippen MR) is 107 cm³/mol. The van der Waals surface area contributed by atoms with Crippen molar-refractivity contribution in [3.8, 4) is 17.3 Å². The van der Waals surface area contributed by atoms with Crippen molar-refractivity contribution < 1.29 is 4.79 Å². The van der Waals surface area contributed by atoms with E-state index < -0.39 is 0 Å². The third kappa shape index (κ3) is 3.14. The molecule has 0 spiro atoms. The second-order valence-corrected chi connectivity index (χ2v) is 7.27. The second kappa shape index (κ2) is 6.89. The first-order valence-electron chi connectivity index (χ1n) is 9.14. The van der Waals surface area contributed by atoms with Crippen LogP contribution in [-0.4, -0.2) is 20.9 Å². The summed E-state index contributed by atoms with van der Waals surface area (Å²) in [6, 6.07) is 7.78. The van der Waals surface area contributed by atoms with Crippen LogP contribution in [0.4, 0.5) is 11.6 Å². The minimum absolute atomic E-state index is 0.0926. The number of nitrogens with two attached hydrogens (primary N) is 1. The molecule has 0 unspecified atom stereocenters. The van der Waals surface area contributed by atoms with Gasteiger partial charge in [0.2, 0.25) is 5.91 Å². The summed E-state index contributed by atoms with van der Waals surface area (Å²) < 4.78 is 0. The Morgan fingerprint density at radius 1 is 1.36 bits per heavy atom. The number of nitrogens with one attached hydrogen (secondary N) is 1. The van der Waals surface area contributed by atoms with Crippen molar-refractivity contribution >= 4 is 28.3 Å². The number of amides is 1. The topological polar surface area (TPSA) is 118 Å². The van der Waals surface area contributed by atoms with Crippen LogP contribution in [0.15, 0.2) is 36.8 Å². The lowest BCUT2D eigenvalue weighted by atomic mass is 10.1. The Labute approximate surface area is 162 Å². The number of hydrogen-bond acceptors (Lipinski definition) is 6. The Morgan fingerprint density at radius 2 is 2.18 bits per heavy atom. The average Bonchev–Trinajstić information content (AvgIpc) is 3.31. The Bertz CT molecular complexity index is 1120. The van der Waals surface area contributed by atoms with Crippen LogP contribution in [0.25, 0.3) is 22.0 Å². The van der Waals surface area contributed by atoms with Crippen LogP contribution in [0.5, 0.6) is 0 Å². The van der Waals surface area contributed by atoms with Gasteiger partial charge in [-0.25, -0.2) is 9.97 Å². The second-order valence-electron chi connectivity index (χ2n) is 7.27. The van der Waals surface area contributed by atoms with Crippen LogP contribution < -0.4 is 11.1 Å². The third-order valence-electron chi connectivity index (χ3n) is 5.50. The standard InChI is InChI=1S/C21H20N6O/c1-11-4-6-24-9-15(11)17-7-13-8-18(25-10-16(13)20(23)26-17)27-21(28)19-12(2)14(19)3-5-22/h4,6-10,12,14,19H,3H2,1-2H3,(H2,23,26)(H,25,27,28)/t12-,14+,19+/m1/s1. The summed E-state index contributed by atoms with van der Waals surface area (Å²) in [5.41, 5.74) is 8.82. The van der Waals surface area contributed by atoms with Gasteiger partial charge in [-0.1, -0.05) is 6.92 Å². The fourth-order valence-corrected chi connectivity index (χ4v) is 3.72. The molecule has 28 heavy (non-hydrogen) atoms. The van der Waals surface area contributed by atoms with E-state index in [1.54, 1.807) is 24.7 Å². The lowest BCUT2D eigenvalue weighted by Crippen LogP contribution is -2.16. The number of aromatic nitrogens is 3. The molecule has 0 aromatic carbocycles. The predicted octanol–water partition coefficient (Wildman–Crippen LogP) is 3.32. The van der Waals surface area contributed by atoms with E-state index in [9.17, 15) is 4.79 Å². The van der Waals surface area contributed by atoms with Crippen molar-refractivity contribution in [3.05, 3.63) is 42.4 Å². The maximum Gasteiger partial charge on any atom is 0.229 e. The van der Waals surface area contributed by atoms with Gasteiger partial charge in [-0.2, -0.15) is 5.26 Å². The third-order valence-corrected chi connectivity index (χ3v) is 5.50. The van der Waals surface area contributed by atoms with E-state index in [4.69, 9.17) is 11.0 Å². The number of pyridine rings is 3. The molecule has 0 saturated heterocycles. The SMILES string of the molecule is Cc1ccncc1-c1cc2cc(NC(=O)[C@H]3[C@H](C)[C@@H]3CC#N)ncc2c(N)n1. The van der Waals surface area contributed by atoms with Crippen LogP contribution in [0.3, 0.4) is 0 Å². The van der Waals surface area contributed by atoms with Gasteiger partial charge in [0.05, 0.1) is 11.8 Å². The quantitative estimate of drug-likeness (QED) is 0.725. The number of anilines is 2. The van der Waals surface area contributed by atoms with Gasteiger partial charge in [-0.15, -0.1) is 0 Å². The van der Waals surface area contributed by atoms with E-state index in [0.717, 1.165) is 27.6 Å². The van der Waals surface area contributed by atoms with Crippen LogP contribution in [0.2, 0.25) is 0 Å². The molecule has 4 rings (SSSR count). The van der Waals surface area contributed by atoms with E-state index in [0.29, 0.717) is 18.1 Å². The van der Waals surface area contributed by atoms with Gasteiger partial charge in [0.1, 0.15) is 11.6 Å². The molecular weight excluding hydrogens is 352 g/mol. The highest BCUT2D eigenvalue weighted by Gasteiger charge is 2.51. The minimum Gasteiger partial charge on any atom is -0.383 e. The zero-order valence-electron chi connectivity index (χ0n) is 15.7. The molecule has 3 atom stereocenters. The fraction of sp³-hybridized carbons (Fsp3) is 0.286. The molecule has 0 bridgehead atoms. The Balaban J connectivity index is 1.64. The molecule has 0 radical (unpaired) electrons. The average molecular weight is 372 g/mol. The summed E-state index contributed by atoms with van der Waals surface area (Å²) in [5.74, 6) is 0.974. The minimum atomic E-state index is -0.131.